The lowest BCUT2D eigenvalue weighted by atomic mass is 10.1. The predicted octanol–water partition coefficient (Wildman–Crippen LogP) is 0.727. The Bertz CT molecular complexity index is 345. The maximum absolute atomic E-state index is 8.91. The van der Waals surface area contributed by atoms with E-state index in [4.69, 9.17) is 5.11 Å². The topological polar surface area (TPSA) is 61.3 Å². The molecule has 0 radical (unpaired) electrons. The Morgan fingerprint density at radius 3 is 3.19 bits per heavy atom. The van der Waals surface area contributed by atoms with Crippen LogP contribution in [-0.2, 0) is 0 Å². The normalized spacial score (nSPS) is 20.1. The van der Waals surface area contributed by atoms with Crippen molar-refractivity contribution < 1.29 is 5.11 Å². The van der Waals surface area contributed by atoms with Crippen LogP contribution in [0.4, 0.5) is 11.6 Å². The molecule has 5 nitrogen and oxygen atoms in total. The van der Waals surface area contributed by atoms with Crippen LogP contribution in [0.5, 0.6) is 0 Å². The summed E-state index contributed by atoms with van der Waals surface area (Å²) in [6, 6.07) is 1.96. The Morgan fingerprint density at radius 2 is 2.44 bits per heavy atom. The second-order valence-corrected chi connectivity index (χ2v) is 4.12. The minimum atomic E-state index is 0.282. The summed E-state index contributed by atoms with van der Waals surface area (Å²) in [5, 5.41) is 11.9. The van der Waals surface area contributed by atoms with E-state index in [0.717, 1.165) is 37.6 Å². The summed E-state index contributed by atoms with van der Waals surface area (Å²) in [4.78, 5) is 10.6. The van der Waals surface area contributed by atoms with Crippen molar-refractivity contribution in [3.8, 4) is 0 Å². The van der Waals surface area contributed by atoms with Gasteiger partial charge in [0.15, 0.2) is 0 Å². The summed E-state index contributed by atoms with van der Waals surface area (Å²) in [6.07, 6.45) is 3.61. The molecular weight excluding hydrogens is 204 g/mol. The molecule has 1 unspecified atom stereocenters. The Balaban J connectivity index is 2.02. The molecule has 1 aromatic heterocycles. The maximum atomic E-state index is 8.91. The molecule has 5 heteroatoms. The molecule has 16 heavy (non-hydrogen) atoms. The van der Waals surface area contributed by atoms with Crippen LogP contribution in [0.25, 0.3) is 0 Å². The fourth-order valence-corrected chi connectivity index (χ4v) is 2.12. The summed E-state index contributed by atoms with van der Waals surface area (Å²) >= 11 is 0. The van der Waals surface area contributed by atoms with Crippen molar-refractivity contribution in [1.82, 2.24) is 9.97 Å². The van der Waals surface area contributed by atoms with Crippen LogP contribution in [0.15, 0.2) is 12.4 Å². The number of hydrogen-bond acceptors (Lipinski definition) is 5. The number of anilines is 2. The number of aliphatic hydroxyl groups excluding tert-OH is 1. The molecule has 0 spiro atoms. The molecule has 1 fully saturated rings. The minimum absolute atomic E-state index is 0.282. The Hall–Kier alpha value is -1.36. The molecule has 2 N–H and O–H groups in total. The molecule has 2 rings (SSSR count). The smallest absolute Gasteiger partial charge is 0.134 e. The molecule has 1 aliphatic rings. The van der Waals surface area contributed by atoms with Crippen molar-refractivity contribution in [2.24, 2.45) is 5.92 Å². The zero-order valence-electron chi connectivity index (χ0n) is 9.56. The van der Waals surface area contributed by atoms with Crippen LogP contribution in [0.2, 0.25) is 0 Å². The summed E-state index contributed by atoms with van der Waals surface area (Å²) in [7, 11) is 1.85. The lowest BCUT2D eigenvalue weighted by Gasteiger charge is -2.17. The monoisotopic (exact) mass is 222 g/mol. The summed E-state index contributed by atoms with van der Waals surface area (Å²) in [5.74, 6) is 2.41. The molecule has 0 amide bonds. The third kappa shape index (κ3) is 2.41. The van der Waals surface area contributed by atoms with Crippen LogP contribution in [0.1, 0.15) is 12.8 Å². The van der Waals surface area contributed by atoms with E-state index in [1.54, 1.807) is 6.33 Å². The summed E-state index contributed by atoms with van der Waals surface area (Å²) < 4.78 is 0. The van der Waals surface area contributed by atoms with Gasteiger partial charge in [-0.2, -0.15) is 0 Å². The fourth-order valence-electron chi connectivity index (χ4n) is 2.12. The molecule has 0 aromatic carbocycles. The first-order valence-corrected chi connectivity index (χ1v) is 5.69. The fraction of sp³-hybridized carbons (Fsp3) is 0.636. The van der Waals surface area contributed by atoms with Gasteiger partial charge in [0.05, 0.1) is 0 Å². The molecule has 0 bridgehead atoms. The van der Waals surface area contributed by atoms with Gasteiger partial charge in [-0.25, -0.2) is 9.97 Å². The van der Waals surface area contributed by atoms with E-state index in [2.05, 4.69) is 20.2 Å². The van der Waals surface area contributed by atoms with Gasteiger partial charge in [0, 0.05) is 32.8 Å². The summed E-state index contributed by atoms with van der Waals surface area (Å²) in [6.45, 7) is 2.29. The predicted molar refractivity (Wildman–Crippen MR) is 63.6 cm³/mol. The third-order valence-electron chi connectivity index (χ3n) is 3.06. The van der Waals surface area contributed by atoms with E-state index in [0.29, 0.717) is 5.92 Å². The number of rotatable bonds is 4. The Morgan fingerprint density at radius 1 is 1.56 bits per heavy atom. The van der Waals surface area contributed by atoms with E-state index >= 15 is 0 Å². The number of aromatic nitrogens is 2. The van der Waals surface area contributed by atoms with E-state index in [1.165, 1.54) is 0 Å². The van der Waals surface area contributed by atoms with Gasteiger partial charge in [0.25, 0.3) is 0 Å². The number of nitrogens with one attached hydrogen (secondary N) is 1. The molecule has 2 heterocycles. The largest absolute Gasteiger partial charge is 0.396 e. The van der Waals surface area contributed by atoms with Crippen molar-refractivity contribution in [2.45, 2.75) is 12.8 Å². The van der Waals surface area contributed by atoms with Crippen molar-refractivity contribution >= 4 is 11.6 Å². The van der Waals surface area contributed by atoms with Gasteiger partial charge < -0.3 is 15.3 Å². The van der Waals surface area contributed by atoms with Crippen LogP contribution in [0.3, 0.4) is 0 Å². The molecule has 0 aliphatic carbocycles. The molecule has 1 aliphatic heterocycles. The molecule has 88 valence electrons. The molecule has 1 aromatic rings. The van der Waals surface area contributed by atoms with Gasteiger partial charge >= 0.3 is 0 Å². The lowest BCUT2D eigenvalue weighted by Crippen LogP contribution is -2.21. The number of hydrogen-bond donors (Lipinski definition) is 2. The van der Waals surface area contributed by atoms with Crippen molar-refractivity contribution in [2.75, 3.05) is 37.0 Å². The van der Waals surface area contributed by atoms with Gasteiger partial charge in [-0.1, -0.05) is 0 Å². The van der Waals surface area contributed by atoms with E-state index in [9.17, 15) is 0 Å². The zero-order chi connectivity index (χ0) is 11.4. The summed E-state index contributed by atoms with van der Waals surface area (Å²) in [5.41, 5.74) is 0. The van der Waals surface area contributed by atoms with E-state index in [-0.39, 0.29) is 6.61 Å². The molecule has 0 saturated carbocycles. The minimum Gasteiger partial charge on any atom is -0.396 e. The van der Waals surface area contributed by atoms with E-state index in [1.807, 2.05) is 13.1 Å². The average Bonchev–Trinajstić information content (AvgIpc) is 2.78. The quantitative estimate of drug-likeness (QED) is 0.786. The zero-order valence-corrected chi connectivity index (χ0v) is 9.56. The van der Waals surface area contributed by atoms with Gasteiger partial charge in [0.2, 0.25) is 0 Å². The first kappa shape index (κ1) is 11.1. The van der Waals surface area contributed by atoms with Crippen molar-refractivity contribution in [3.63, 3.8) is 0 Å². The highest BCUT2D eigenvalue weighted by Gasteiger charge is 2.23. The highest BCUT2D eigenvalue weighted by atomic mass is 16.3. The molecule has 1 atom stereocenters. The van der Waals surface area contributed by atoms with Gasteiger partial charge in [-0.3, -0.25) is 0 Å². The first-order valence-electron chi connectivity index (χ1n) is 5.69. The van der Waals surface area contributed by atoms with Gasteiger partial charge in [0.1, 0.15) is 18.0 Å². The van der Waals surface area contributed by atoms with Crippen LogP contribution in [-0.4, -0.2) is 41.8 Å². The third-order valence-corrected chi connectivity index (χ3v) is 3.06. The number of aliphatic hydroxyl groups is 1. The Labute approximate surface area is 95.5 Å². The van der Waals surface area contributed by atoms with Crippen LogP contribution < -0.4 is 10.2 Å². The molecule has 1 saturated heterocycles. The SMILES string of the molecule is CNc1cc(N2CCC(CCO)C2)ncn1. The van der Waals surface area contributed by atoms with Crippen LogP contribution in [0, 0.1) is 5.92 Å². The first-order chi connectivity index (χ1) is 7.83. The molecular formula is C11H18N4O. The lowest BCUT2D eigenvalue weighted by molar-refractivity contribution is 0.263. The van der Waals surface area contributed by atoms with Crippen LogP contribution >= 0.6 is 0 Å². The highest BCUT2D eigenvalue weighted by Crippen LogP contribution is 2.24. The maximum Gasteiger partial charge on any atom is 0.134 e. The Kier molecular flexibility index (Phi) is 3.56. The van der Waals surface area contributed by atoms with Crippen molar-refractivity contribution in [1.29, 1.82) is 0 Å². The second kappa shape index (κ2) is 5.12. The van der Waals surface area contributed by atoms with Crippen molar-refractivity contribution in [3.05, 3.63) is 12.4 Å². The van der Waals surface area contributed by atoms with Gasteiger partial charge in [-0.15, -0.1) is 0 Å². The standard InChI is InChI=1S/C11H18N4O/c1-12-10-6-11(14-8-13-10)15-4-2-9(7-15)3-5-16/h6,8-9,16H,2-5,7H2,1H3,(H,12,13,14). The van der Waals surface area contributed by atoms with Gasteiger partial charge in [-0.05, 0) is 18.8 Å². The van der Waals surface area contributed by atoms with E-state index < -0.39 is 0 Å². The number of nitrogens with zero attached hydrogens (tertiary/aromatic N) is 3. The second-order valence-electron chi connectivity index (χ2n) is 4.12. The highest BCUT2D eigenvalue weighted by molar-refractivity contribution is 5.48. The average molecular weight is 222 g/mol.